The molecule has 0 radical (unpaired) electrons. The van der Waals surface area contributed by atoms with Gasteiger partial charge in [0, 0.05) is 12.1 Å². The Morgan fingerprint density at radius 2 is 1.96 bits per heavy atom. The Morgan fingerprint density at radius 3 is 2.54 bits per heavy atom. The third kappa shape index (κ3) is 3.87. The van der Waals surface area contributed by atoms with E-state index in [1.165, 1.54) is 24.3 Å². The molecule has 1 amide bonds. The highest BCUT2D eigenvalue weighted by Gasteiger charge is 2.42. The number of carbonyl (C=O) groups is 2. The van der Waals surface area contributed by atoms with E-state index < -0.39 is 22.4 Å². The van der Waals surface area contributed by atoms with E-state index in [2.05, 4.69) is 0 Å². The molecule has 1 heterocycles. The number of hydrogen-bond acceptors (Lipinski definition) is 6. The molecule has 7 nitrogen and oxygen atoms in total. The van der Waals surface area contributed by atoms with Gasteiger partial charge in [0.25, 0.3) is 5.91 Å². The van der Waals surface area contributed by atoms with Crippen LogP contribution in [0.25, 0.3) is 0 Å². The normalized spacial score (nSPS) is 22.1. The number of esters is 1. The molecular weight excluding hydrogens is 334 g/mol. The number of carbonyl (C=O) groups excluding carboxylic acids is 2. The van der Waals surface area contributed by atoms with Crippen LogP contribution in [-0.4, -0.2) is 60.5 Å². The molecule has 24 heavy (non-hydrogen) atoms. The number of sulfone groups is 1. The predicted octanol–water partition coefficient (Wildman–Crippen LogP) is 0.727. The van der Waals surface area contributed by atoms with Crippen molar-refractivity contribution in [3.63, 3.8) is 0 Å². The summed E-state index contributed by atoms with van der Waals surface area (Å²) in [5, 5.41) is 9.36. The van der Waals surface area contributed by atoms with Crippen molar-refractivity contribution < 1.29 is 27.9 Å². The van der Waals surface area contributed by atoms with Crippen LogP contribution < -0.4 is 0 Å². The molecule has 1 saturated carbocycles. The van der Waals surface area contributed by atoms with Gasteiger partial charge in [-0.25, -0.2) is 13.2 Å². The molecule has 2 aliphatic rings. The summed E-state index contributed by atoms with van der Waals surface area (Å²) >= 11 is 0. The second-order valence-corrected chi connectivity index (χ2v) is 8.44. The number of aromatic hydroxyl groups is 1. The highest BCUT2D eigenvalue weighted by Crippen LogP contribution is 2.32. The monoisotopic (exact) mass is 353 g/mol. The molecule has 0 aromatic heterocycles. The molecule has 1 aliphatic heterocycles. The van der Waals surface area contributed by atoms with E-state index in [1.54, 1.807) is 4.90 Å². The molecule has 0 unspecified atom stereocenters. The maximum absolute atomic E-state index is 12.4. The maximum Gasteiger partial charge on any atom is 0.338 e. The molecule has 3 rings (SSSR count). The van der Waals surface area contributed by atoms with Crippen LogP contribution in [0.15, 0.2) is 24.3 Å². The maximum atomic E-state index is 12.4. The van der Waals surface area contributed by atoms with Crippen molar-refractivity contribution in [2.24, 2.45) is 0 Å². The Hall–Kier alpha value is -2.09. The third-order valence-corrected chi connectivity index (χ3v) is 5.99. The highest BCUT2D eigenvalue weighted by molar-refractivity contribution is 7.91. The Balaban J connectivity index is 1.61. The van der Waals surface area contributed by atoms with E-state index in [0.717, 1.165) is 12.8 Å². The van der Waals surface area contributed by atoms with E-state index in [0.29, 0.717) is 6.42 Å². The average molecular weight is 353 g/mol. The second kappa shape index (κ2) is 6.43. The fourth-order valence-electron chi connectivity index (χ4n) is 2.97. The smallest absolute Gasteiger partial charge is 0.338 e. The standard InChI is InChI=1S/C16H19NO6S/c18-14-3-1-2-11(8-14)16(20)23-9-15(19)17(12-4-5-12)13-6-7-24(21,22)10-13/h1-3,8,12-13,18H,4-7,9-10H2/t13-/m1/s1. The first-order valence-corrected chi connectivity index (χ1v) is 9.65. The van der Waals surface area contributed by atoms with Gasteiger partial charge in [-0.1, -0.05) is 6.07 Å². The number of amides is 1. The molecule has 8 heteroatoms. The van der Waals surface area contributed by atoms with Gasteiger partial charge in [-0.2, -0.15) is 0 Å². The van der Waals surface area contributed by atoms with Gasteiger partial charge in [0.15, 0.2) is 16.4 Å². The molecule has 1 atom stereocenters. The van der Waals surface area contributed by atoms with Crippen LogP contribution in [0.5, 0.6) is 5.75 Å². The van der Waals surface area contributed by atoms with Crippen molar-refractivity contribution >= 4 is 21.7 Å². The van der Waals surface area contributed by atoms with Crippen molar-refractivity contribution in [2.45, 2.75) is 31.3 Å². The fraction of sp³-hybridized carbons (Fsp3) is 0.500. The van der Waals surface area contributed by atoms with Crippen molar-refractivity contribution in [3.05, 3.63) is 29.8 Å². The summed E-state index contributed by atoms with van der Waals surface area (Å²) in [6.07, 6.45) is 2.14. The summed E-state index contributed by atoms with van der Waals surface area (Å²) in [5.41, 5.74) is 0.157. The Bertz CT molecular complexity index is 756. The largest absolute Gasteiger partial charge is 0.508 e. The lowest BCUT2D eigenvalue weighted by molar-refractivity contribution is -0.137. The summed E-state index contributed by atoms with van der Waals surface area (Å²) in [6, 6.07) is 5.40. The van der Waals surface area contributed by atoms with Crippen molar-refractivity contribution in [2.75, 3.05) is 18.1 Å². The van der Waals surface area contributed by atoms with Gasteiger partial charge in [0.05, 0.1) is 17.1 Å². The third-order valence-electron chi connectivity index (χ3n) is 4.24. The molecule has 130 valence electrons. The first-order chi connectivity index (χ1) is 11.4. The van der Waals surface area contributed by atoms with E-state index in [1.807, 2.05) is 0 Å². The van der Waals surface area contributed by atoms with Crippen molar-refractivity contribution in [1.82, 2.24) is 4.90 Å². The van der Waals surface area contributed by atoms with Crippen LogP contribution in [0.1, 0.15) is 29.6 Å². The predicted molar refractivity (Wildman–Crippen MR) is 85.3 cm³/mol. The van der Waals surface area contributed by atoms with Crippen LogP contribution in [0, 0.1) is 0 Å². The van der Waals surface area contributed by atoms with Crippen molar-refractivity contribution in [3.8, 4) is 5.75 Å². The van der Waals surface area contributed by atoms with Gasteiger partial charge in [-0.05, 0) is 37.5 Å². The summed E-state index contributed by atoms with van der Waals surface area (Å²) in [4.78, 5) is 25.9. The number of phenols is 1. The first kappa shape index (κ1) is 16.8. The zero-order valence-corrected chi connectivity index (χ0v) is 13.9. The Kier molecular flexibility index (Phi) is 4.49. The van der Waals surface area contributed by atoms with E-state index >= 15 is 0 Å². The summed E-state index contributed by atoms with van der Waals surface area (Å²) < 4.78 is 28.3. The van der Waals surface area contributed by atoms with Crippen LogP contribution in [0.3, 0.4) is 0 Å². The molecule has 1 aromatic carbocycles. The molecule has 2 fully saturated rings. The van der Waals surface area contributed by atoms with Crippen LogP contribution in [0.2, 0.25) is 0 Å². The van der Waals surface area contributed by atoms with E-state index in [4.69, 9.17) is 4.74 Å². The molecule has 1 saturated heterocycles. The molecule has 0 bridgehead atoms. The minimum atomic E-state index is -3.09. The Morgan fingerprint density at radius 1 is 1.21 bits per heavy atom. The average Bonchev–Trinajstić information content (AvgIpc) is 3.28. The number of rotatable bonds is 5. The lowest BCUT2D eigenvalue weighted by atomic mass is 10.2. The number of ether oxygens (including phenoxy) is 1. The second-order valence-electron chi connectivity index (χ2n) is 6.22. The molecule has 0 spiro atoms. The van der Waals surface area contributed by atoms with Gasteiger partial charge >= 0.3 is 5.97 Å². The van der Waals surface area contributed by atoms with Crippen LogP contribution in [0.4, 0.5) is 0 Å². The summed E-state index contributed by atoms with van der Waals surface area (Å²) in [5.74, 6) is -1.05. The minimum absolute atomic E-state index is 0.0181. The summed E-state index contributed by atoms with van der Waals surface area (Å²) in [7, 11) is -3.09. The zero-order chi connectivity index (χ0) is 17.3. The van der Waals surface area contributed by atoms with Gasteiger partial charge in [-0.15, -0.1) is 0 Å². The lowest BCUT2D eigenvalue weighted by Crippen LogP contribution is -2.44. The van der Waals surface area contributed by atoms with E-state index in [-0.39, 0.29) is 40.8 Å². The van der Waals surface area contributed by atoms with Crippen LogP contribution >= 0.6 is 0 Å². The zero-order valence-electron chi connectivity index (χ0n) is 13.1. The molecule has 1 aliphatic carbocycles. The van der Waals surface area contributed by atoms with Gasteiger partial charge in [0.2, 0.25) is 0 Å². The Labute approximate surface area is 140 Å². The highest BCUT2D eigenvalue weighted by atomic mass is 32.2. The fourth-order valence-corrected chi connectivity index (χ4v) is 4.68. The lowest BCUT2D eigenvalue weighted by Gasteiger charge is -2.28. The SMILES string of the molecule is O=C(OCC(=O)N(C1CC1)[C@@H]1CCS(=O)(=O)C1)c1cccc(O)c1. The molecule has 1 aromatic rings. The molecular formula is C16H19NO6S. The van der Waals surface area contributed by atoms with Crippen molar-refractivity contribution in [1.29, 1.82) is 0 Å². The number of hydrogen-bond donors (Lipinski definition) is 1. The number of nitrogens with zero attached hydrogens (tertiary/aromatic N) is 1. The van der Waals surface area contributed by atoms with Gasteiger partial charge < -0.3 is 14.7 Å². The number of phenolic OH excluding ortho intramolecular Hbond substituents is 1. The van der Waals surface area contributed by atoms with Crippen LogP contribution in [-0.2, 0) is 19.4 Å². The first-order valence-electron chi connectivity index (χ1n) is 7.83. The number of benzene rings is 1. The minimum Gasteiger partial charge on any atom is -0.508 e. The molecule has 1 N–H and O–H groups in total. The quantitative estimate of drug-likeness (QED) is 0.783. The van der Waals surface area contributed by atoms with Gasteiger partial charge in [-0.3, -0.25) is 4.79 Å². The van der Waals surface area contributed by atoms with E-state index in [9.17, 15) is 23.1 Å². The summed E-state index contributed by atoms with van der Waals surface area (Å²) in [6.45, 7) is -0.429. The topological polar surface area (TPSA) is 101 Å². The van der Waals surface area contributed by atoms with Gasteiger partial charge in [0.1, 0.15) is 5.75 Å².